The summed E-state index contributed by atoms with van der Waals surface area (Å²) in [4.78, 5) is 24.3. The van der Waals surface area contributed by atoms with E-state index >= 15 is 0 Å². The Labute approximate surface area is 156 Å². The van der Waals surface area contributed by atoms with Crippen LogP contribution in [-0.2, 0) is 21.8 Å². The molecule has 1 aromatic carbocycles. The van der Waals surface area contributed by atoms with E-state index < -0.39 is 21.7 Å². The summed E-state index contributed by atoms with van der Waals surface area (Å²) in [6.45, 7) is 0.883. The summed E-state index contributed by atoms with van der Waals surface area (Å²) in [5.74, 6) is 0. The SMILES string of the molecule is Cn1c(OC2CCOC2)nn(C(=O)NS(=O)(=O)c2ccccc2Br)c1=O. The van der Waals surface area contributed by atoms with Crippen LogP contribution in [0.1, 0.15) is 6.42 Å². The summed E-state index contributed by atoms with van der Waals surface area (Å²) in [5, 5.41) is 3.77. The first-order chi connectivity index (χ1) is 12.3. The number of halogens is 1. The van der Waals surface area contributed by atoms with E-state index in [-0.39, 0.29) is 21.5 Å². The first-order valence-corrected chi connectivity index (χ1v) is 9.79. The number of carbonyl (C=O) groups is 1. The maximum absolute atomic E-state index is 12.4. The smallest absolute Gasteiger partial charge is 0.360 e. The summed E-state index contributed by atoms with van der Waals surface area (Å²) < 4.78 is 38.9. The minimum absolute atomic E-state index is 0.0982. The lowest BCUT2D eigenvalue weighted by molar-refractivity contribution is 0.131. The largest absolute Gasteiger partial charge is 0.458 e. The van der Waals surface area contributed by atoms with Crippen LogP contribution in [-0.4, -0.2) is 48.1 Å². The van der Waals surface area contributed by atoms with Crippen molar-refractivity contribution in [2.75, 3.05) is 13.2 Å². The van der Waals surface area contributed by atoms with Crippen LogP contribution < -0.4 is 15.1 Å². The second-order valence-corrected chi connectivity index (χ2v) is 7.99. The normalized spacial score (nSPS) is 17.2. The number of hydrogen-bond acceptors (Lipinski definition) is 7. The fourth-order valence-corrected chi connectivity index (χ4v) is 4.22. The Morgan fingerprint density at radius 2 is 2.15 bits per heavy atom. The lowest BCUT2D eigenvalue weighted by Gasteiger charge is -2.09. The van der Waals surface area contributed by atoms with E-state index in [9.17, 15) is 18.0 Å². The Kier molecular flexibility index (Phi) is 5.16. The second-order valence-electron chi connectivity index (χ2n) is 5.48. The van der Waals surface area contributed by atoms with Crippen molar-refractivity contribution in [1.29, 1.82) is 0 Å². The number of benzene rings is 1. The van der Waals surface area contributed by atoms with Gasteiger partial charge in [0.25, 0.3) is 10.0 Å². The molecule has 2 heterocycles. The summed E-state index contributed by atoms with van der Waals surface area (Å²) in [6.07, 6.45) is 0.347. The Bertz CT molecular complexity index is 993. The maximum atomic E-state index is 12.4. The number of nitrogens with one attached hydrogen (secondary N) is 1. The van der Waals surface area contributed by atoms with Crippen LogP contribution in [0.5, 0.6) is 6.01 Å². The number of rotatable bonds is 4. The number of aromatic nitrogens is 3. The van der Waals surface area contributed by atoms with Crippen LogP contribution in [0.4, 0.5) is 4.79 Å². The van der Waals surface area contributed by atoms with E-state index in [0.29, 0.717) is 24.3 Å². The average Bonchev–Trinajstić information content (AvgIpc) is 3.18. The van der Waals surface area contributed by atoms with Gasteiger partial charge in [0.15, 0.2) is 0 Å². The van der Waals surface area contributed by atoms with Gasteiger partial charge in [0.1, 0.15) is 11.0 Å². The van der Waals surface area contributed by atoms with Gasteiger partial charge in [-0.2, -0.15) is 0 Å². The number of hydrogen-bond donors (Lipinski definition) is 1. The average molecular weight is 447 g/mol. The molecule has 0 saturated carbocycles. The molecule has 10 nitrogen and oxygen atoms in total. The lowest BCUT2D eigenvalue weighted by Crippen LogP contribution is -2.40. The Hall–Kier alpha value is -2.18. The van der Waals surface area contributed by atoms with Gasteiger partial charge in [0.05, 0.1) is 13.2 Å². The molecule has 1 aromatic heterocycles. The van der Waals surface area contributed by atoms with Crippen LogP contribution in [0.25, 0.3) is 0 Å². The molecule has 1 fully saturated rings. The highest BCUT2D eigenvalue weighted by atomic mass is 79.9. The molecule has 0 bridgehead atoms. The van der Waals surface area contributed by atoms with Crippen molar-refractivity contribution in [3.63, 3.8) is 0 Å². The fourth-order valence-electron chi connectivity index (χ4n) is 2.28. The molecule has 3 rings (SSSR count). The highest BCUT2D eigenvalue weighted by Crippen LogP contribution is 2.20. The third kappa shape index (κ3) is 3.66. The topological polar surface area (TPSA) is 122 Å². The predicted octanol–water partition coefficient (Wildman–Crippen LogP) is 0.459. The number of nitrogens with zero attached hydrogens (tertiary/aromatic N) is 3. The van der Waals surface area contributed by atoms with E-state index in [1.54, 1.807) is 6.07 Å². The zero-order chi connectivity index (χ0) is 18.9. The first kappa shape index (κ1) is 18.6. The van der Waals surface area contributed by atoms with Crippen molar-refractivity contribution >= 4 is 32.0 Å². The number of carbonyl (C=O) groups excluding carboxylic acids is 1. The molecule has 0 aliphatic carbocycles. The third-order valence-corrected chi connectivity index (χ3v) is 5.97. The van der Waals surface area contributed by atoms with E-state index in [4.69, 9.17) is 9.47 Å². The van der Waals surface area contributed by atoms with Crippen LogP contribution in [0.2, 0.25) is 0 Å². The molecule has 0 radical (unpaired) electrons. The number of ether oxygens (including phenoxy) is 2. The molecule has 0 spiro atoms. The minimum atomic E-state index is -4.20. The Morgan fingerprint density at radius 1 is 1.42 bits per heavy atom. The molecule has 1 N–H and O–H groups in total. The first-order valence-electron chi connectivity index (χ1n) is 7.52. The standard InChI is InChI=1S/C14H15BrN4O6S/c1-18-13(25-9-6-7-24-8-9)16-19(14(18)21)12(20)17-26(22,23)11-5-3-2-4-10(11)15/h2-5,9H,6-8H2,1H3,(H,17,20). The molecule has 1 atom stereocenters. The maximum Gasteiger partial charge on any atom is 0.360 e. The molecule has 140 valence electrons. The summed E-state index contributed by atoms with van der Waals surface area (Å²) >= 11 is 3.11. The van der Waals surface area contributed by atoms with Gasteiger partial charge < -0.3 is 9.47 Å². The van der Waals surface area contributed by atoms with Gasteiger partial charge in [-0.05, 0) is 28.1 Å². The number of amides is 1. The molecule has 1 unspecified atom stereocenters. The van der Waals surface area contributed by atoms with E-state index in [1.165, 1.54) is 25.2 Å². The molecule has 1 aliphatic rings. The van der Waals surface area contributed by atoms with Gasteiger partial charge >= 0.3 is 17.7 Å². The molecule has 26 heavy (non-hydrogen) atoms. The monoisotopic (exact) mass is 446 g/mol. The lowest BCUT2D eigenvalue weighted by atomic mass is 10.3. The predicted molar refractivity (Wildman–Crippen MR) is 92.6 cm³/mol. The molecule has 1 aliphatic heterocycles. The summed E-state index contributed by atoms with van der Waals surface area (Å²) in [7, 11) is -2.83. The van der Waals surface area contributed by atoms with Gasteiger partial charge in [-0.15, -0.1) is 9.78 Å². The van der Waals surface area contributed by atoms with Gasteiger partial charge in [-0.25, -0.2) is 27.3 Å². The molecular formula is C14H15BrN4O6S. The van der Waals surface area contributed by atoms with Crippen LogP contribution in [0.15, 0.2) is 38.4 Å². The second kappa shape index (κ2) is 7.21. The Balaban J connectivity index is 1.84. The van der Waals surface area contributed by atoms with Crippen molar-refractivity contribution < 1.29 is 22.7 Å². The van der Waals surface area contributed by atoms with Crippen molar-refractivity contribution in [3.8, 4) is 6.01 Å². The quantitative estimate of drug-likeness (QED) is 0.723. The minimum Gasteiger partial charge on any atom is -0.458 e. The summed E-state index contributed by atoms with van der Waals surface area (Å²) in [6, 6.07) is 4.66. The third-order valence-electron chi connectivity index (χ3n) is 3.64. The van der Waals surface area contributed by atoms with Crippen molar-refractivity contribution in [2.45, 2.75) is 17.4 Å². The van der Waals surface area contributed by atoms with Crippen LogP contribution in [0, 0.1) is 0 Å². The zero-order valence-electron chi connectivity index (χ0n) is 13.6. The van der Waals surface area contributed by atoms with E-state index in [2.05, 4.69) is 21.0 Å². The van der Waals surface area contributed by atoms with Crippen molar-refractivity contribution in [1.82, 2.24) is 19.1 Å². The van der Waals surface area contributed by atoms with E-state index in [1.807, 2.05) is 4.72 Å². The van der Waals surface area contributed by atoms with Crippen LogP contribution >= 0.6 is 15.9 Å². The van der Waals surface area contributed by atoms with Crippen LogP contribution in [0.3, 0.4) is 0 Å². The highest BCUT2D eigenvalue weighted by molar-refractivity contribution is 9.10. The molecule has 12 heteroatoms. The molecule has 1 saturated heterocycles. The van der Waals surface area contributed by atoms with Gasteiger partial charge in [-0.1, -0.05) is 12.1 Å². The van der Waals surface area contributed by atoms with Gasteiger partial charge in [0, 0.05) is 17.9 Å². The van der Waals surface area contributed by atoms with Gasteiger partial charge in [0.2, 0.25) is 0 Å². The molecular weight excluding hydrogens is 432 g/mol. The number of sulfonamides is 1. The zero-order valence-corrected chi connectivity index (χ0v) is 16.0. The molecule has 1 amide bonds. The van der Waals surface area contributed by atoms with Crippen molar-refractivity contribution in [3.05, 3.63) is 39.2 Å². The molecule has 2 aromatic rings. The highest BCUT2D eigenvalue weighted by Gasteiger charge is 2.26. The summed E-state index contributed by atoms with van der Waals surface area (Å²) in [5.41, 5.74) is -0.834. The fraction of sp³-hybridized carbons (Fsp3) is 0.357. The van der Waals surface area contributed by atoms with E-state index in [0.717, 1.165) is 4.57 Å². The van der Waals surface area contributed by atoms with Crippen molar-refractivity contribution in [2.24, 2.45) is 7.05 Å². The van der Waals surface area contributed by atoms with Gasteiger partial charge in [-0.3, -0.25) is 0 Å². The Morgan fingerprint density at radius 3 is 2.81 bits per heavy atom.